The van der Waals surface area contributed by atoms with Crippen LogP contribution in [-0.4, -0.2) is 41.6 Å². The highest BCUT2D eigenvalue weighted by Gasteiger charge is 2.18. The maximum absolute atomic E-state index is 11.9. The minimum Gasteiger partial charge on any atom is -0.481 e. The molecule has 0 fully saturated rings. The van der Waals surface area contributed by atoms with Gasteiger partial charge in [-0.3, -0.25) is 4.79 Å². The van der Waals surface area contributed by atoms with Gasteiger partial charge in [0, 0.05) is 30.9 Å². The number of carboxylic acid groups (broad SMARTS) is 1. The molecule has 0 aliphatic heterocycles. The van der Waals surface area contributed by atoms with Crippen LogP contribution >= 0.6 is 11.3 Å². The standard InChI is InChI=1S/C13H20N2O3S/c1-9(12(16)17)8-15(3)13(18)14-10(2)7-11-5-4-6-19-11/h4-6,9-10H,7-8H2,1-3H3,(H,14,18)(H,16,17). The molecule has 0 aliphatic carbocycles. The number of carbonyl (C=O) groups excluding carboxylic acids is 1. The van der Waals surface area contributed by atoms with Gasteiger partial charge in [-0.05, 0) is 18.4 Å². The van der Waals surface area contributed by atoms with E-state index in [1.807, 2.05) is 24.4 Å². The molecule has 5 nitrogen and oxygen atoms in total. The summed E-state index contributed by atoms with van der Waals surface area (Å²) in [6.45, 7) is 3.72. The van der Waals surface area contributed by atoms with E-state index in [9.17, 15) is 9.59 Å². The van der Waals surface area contributed by atoms with Crippen molar-refractivity contribution in [3.8, 4) is 0 Å². The van der Waals surface area contributed by atoms with Crippen molar-refractivity contribution in [2.45, 2.75) is 26.3 Å². The Labute approximate surface area is 117 Å². The van der Waals surface area contributed by atoms with Crippen LogP contribution in [0.25, 0.3) is 0 Å². The van der Waals surface area contributed by atoms with Gasteiger partial charge in [0.15, 0.2) is 0 Å². The van der Waals surface area contributed by atoms with E-state index >= 15 is 0 Å². The monoisotopic (exact) mass is 284 g/mol. The van der Waals surface area contributed by atoms with Crippen LogP contribution < -0.4 is 5.32 Å². The predicted octanol–water partition coefficient (Wildman–Crippen LogP) is 2.04. The molecule has 1 heterocycles. The minimum atomic E-state index is -0.897. The number of urea groups is 1. The molecular formula is C13H20N2O3S. The molecule has 6 heteroatoms. The second kappa shape index (κ2) is 7.13. The minimum absolute atomic E-state index is 0.0220. The molecule has 0 radical (unpaired) electrons. The van der Waals surface area contributed by atoms with Crippen LogP contribution in [0, 0.1) is 5.92 Å². The van der Waals surface area contributed by atoms with Gasteiger partial charge in [-0.1, -0.05) is 13.0 Å². The maximum atomic E-state index is 11.9. The van der Waals surface area contributed by atoms with Crippen molar-refractivity contribution in [1.82, 2.24) is 10.2 Å². The number of hydrogen-bond donors (Lipinski definition) is 2. The quantitative estimate of drug-likeness (QED) is 0.840. The fourth-order valence-corrected chi connectivity index (χ4v) is 2.51. The third-order valence-electron chi connectivity index (χ3n) is 2.77. The average molecular weight is 284 g/mol. The van der Waals surface area contributed by atoms with E-state index < -0.39 is 11.9 Å². The molecule has 2 amide bonds. The molecule has 1 aromatic heterocycles. The van der Waals surface area contributed by atoms with Crippen molar-refractivity contribution in [3.63, 3.8) is 0 Å². The first-order chi connectivity index (χ1) is 8.90. The van der Waals surface area contributed by atoms with Gasteiger partial charge in [0.05, 0.1) is 5.92 Å². The summed E-state index contributed by atoms with van der Waals surface area (Å²) in [6.07, 6.45) is 0.783. The first-order valence-corrected chi connectivity index (χ1v) is 7.05. The number of carbonyl (C=O) groups is 2. The SMILES string of the molecule is CC(Cc1cccs1)NC(=O)N(C)CC(C)C(=O)O. The number of amides is 2. The number of nitrogens with one attached hydrogen (secondary N) is 1. The molecule has 2 unspecified atom stereocenters. The molecule has 0 aromatic carbocycles. The lowest BCUT2D eigenvalue weighted by atomic mass is 10.2. The van der Waals surface area contributed by atoms with Crippen LogP contribution in [0.3, 0.4) is 0 Å². The second-order valence-electron chi connectivity index (χ2n) is 4.75. The van der Waals surface area contributed by atoms with Crippen LogP contribution in [0.4, 0.5) is 4.79 Å². The number of hydrogen-bond acceptors (Lipinski definition) is 3. The highest BCUT2D eigenvalue weighted by Crippen LogP contribution is 2.11. The Morgan fingerprint density at radius 2 is 2.16 bits per heavy atom. The van der Waals surface area contributed by atoms with Crippen molar-refractivity contribution >= 4 is 23.3 Å². The number of rotatable bonds is 6. The van der Waals surface area contributed by atoms with Gasteiger partial charge in [-0.2, -0.15) is 0 Å². The summed E-state index contributed by atoms with van der Waals surface area (Å²) in [5.74, 6) is -1.46. The second-order valence-corrected chi connectivity index (χ2v) is 5.79. The predicted molar refractivity (Wildman–Crippen MR) is 75.4 cm³/mol. The molecule has 2 atom stereocenters. The molecule has 0 saturated heterocycles. The van der Waals surface area contributed by atoms with Crippen LogP contribution in [0.5, 0.6) is 0 Å². The molecule has 0 aliphatic rings. The summed E-state index contributed by atoms with van der Waals surface area (Å²) < 4.78 is 0. The van der Waals surface area contributed by atoms with Gasteiger partial charge in [-0.25, -0.2) is 4.79 Å². The molecule has 2 N–H and O–H groups in total. The van der Waals surface area contributed by atoms with E-state index in [0.717, 1.165) is 6.42 Å². The van der Waals surface area contributed by atoms with Crippen LogP contribution in [-0.2, 0) is 11.2 Å². The van der Waals surface area contributed by atoms with E-state index in [1.165, 1.54) is 9.78 Å². The molecule has 0 spiro atoms. The van der Waals surface area contributed by atoms with E-state index in [2.05, 4.69) is 5.32 Å². The van der Waals surface area contributed by atoms with Gasteiger partial charge in [-0.15, -0.1) is 11.3 Å². The summed E-state index contributed by atoms with van der Waals surface area (Å²) >= 11 is 1.66. The lowest BCUT2D eigenvalue weighted by Crippen LogP contribution is -2.44. The number of carboxylic acids is 1. The number of aliphatic carboxylic acids is 1. The van der Waals surface area contributed by atoms with Crippen molar-refractivity contribution in [1.29, 1.82) is 0 Å². The summed E-state index contributed by atoms with van der Waals surface area (Å²) in [7, 11) is 1.60. The lowest BCUT2D eigenvalue weighted by Gasteiger charge is -2.22. The number of nitrogens with zero attached hydrogens (tertiary/aromatic N) is 1. The van der Waals surface area contributed by atoms with Gasteiger partial charge in [0.2, 0.25) is 0 Å². The smallest absolute Gasteiger partial charge is 0.317 e. The van der Waals surface area contributed by atoms with Crippen molar-refractivity contribution < 1.29 is 14.7 Å². The van der Waals surface area contributed by atoms with Crippen LogP contribution in [0.15, 0.2) is 17.5 Å². The fourth-order valence-electron chi connectivity index (χ4n) is 1.67. The third-order valence-corrected chi connectivity index (χ3v) is 3.67. The summed E-state index contributed by atoms with van der Waals surface area (Å²) in [6, 6.07) is 3.80. The summed E-state index contributed by atoms with van der Waals surface area (Å²) in [4.78, 5) is 25.2. The lowest BCUT2D eigenvalue weighted by molar-refractivity contribution is -0.141. The Morgan fingerprint density at radius 3 is 2.68 bits per heavy atom. The fraction of sp³-hybridized carbons (Fsp3) is 0.538. The largest absolute Gasteiger partial charge is 0.481 e. The van der Waals surface area contributed by atoms with Gasteiger partial charge in [0.25, 0.3) is 0 Å². The maximum Gasteiger partial charge on any atom is 0.317 e. The Morgan fingerprint density at radius 1 is 1.47 bits per heavy atom. The highest BCUT2D eigenvalue weighted by atomic mass is 32.1. The Hall–Kier alpha value is -1.56. The molecule has 106 valence electrons. The van der Waals surface area contributed by atoms with Gasteiger partial charge < -0.3 is 15.3 Å². The van der Waals surface area contributed by atoms with Gasteiger partial charge in [0.1, 0.15) is 0 Å². The highest BCUT2D eigenvalue weighted by molar-refractivity contribution is 7.09. The zero-order valence-corrected chi connectivity index (χ0v) is 12.2. The molecular weight excluding hydrogens is 264 g/mol. The van der Waals surface area contributed by atoms with E-state index in [1.54, 1.807) is 25.3 Å². The van der Waals surface area contributed by atoms with Gasteiger partial charge >= 0.3 is 12.0 Å². The topological polar surface area (TPSA) is 69.6 Å². The average Bonchev–Trinajstić information content (AvgIpc) is 2.80. The first kappa shape index (κ1) is 15.5. The zero-order chi connectivity index (χ0) is 14.4. The normalized spacial score (nSPS) is 13.6. The summed E-state index contributed by atoms with van der Waals surface area (Å²) in [5, 5.41) is 13.7. The molecule has 1 aromatic rings. The molecule has 19 heavy (non-hydrogen) atoms. The van der Waals surface area contributed by atoms with Crippen LogP contribution in [0.2, 0.25) is 0 Å². The first-order valence-electron chi connectivity index (χ1n) is 6.17. The van der Waals surface area contributed by atoms with Crippen molar-refractivity contribution in [2.24, 2.45) is 5.92 Å². The Kier molecular flexibility index (Phi) is 5.82. The summed E-state index contributed by atoms with van der Waals surface area (Å²) in [5.41, 5.74) is 0. The molecule has 0 saturated carbocycles. The molecule has 1 rings (SSSR count). The van der Waals surface area contributed by atoms with E-state index in [-0.39, 0.29) is 18.6 Å². The number of thiophene rings is 1. The van der Waals surface area contributed by atoms with E-state index in [4.69, 9.17) is 5.11 Å². The molecule has 0 bridgehead atoms. The van der Waals surface area contributed by atoms with E-state index in [0.29, 0.717) is 0 Å². The Bertz CT molecular complexity index is 420. The third kappa shape index (κ3) is 5.30. The van der Waals surface area contributed by atoms with Crippen molar-refractivity contribution in [2.75, 3.05) is 13.6 Å². The van der Waals surface area contributed by atoms with Crippen molar-refractivity contribution in [3.05, 3.63) is 22.4 Å². The Balaban J connectivity index is 2.38. The zero-order valence-electron chi connectivity index (χ0n) is 11.4. The van der Waals surface area contributed by atoms with Crippen LogP contribution in [0.1, 0.15) is 18.7 Å².